The molecule has 0 unspecified atom stereocenters. The molecule has 0 fully saturated rings. The Morgan fingerprint density at radius 1 is 1.59 bits per heavy atom. The lowest BCUT2D eigenvalue weighted by Crippen LogP contribution is -2.38. The van der Waals surface area contributed by atoms with Crippen molar-refractivity contribution in [3.63, 3.8) is 0 Å². The maximum absolute atomic E-state index is 11.8. The van der Waals surface area contributed by atoms with Gasteiger partial charge in [0, 0.05) is 6.54 Å². The third-order valence-corrected chi connectivity index (χ3v) is 4.92. The van der Waals surface area contributed by atoms with E-state index in [4.69, 9.17) is 5.11 Å². The first-order valence-electron chi connectivity index (χ1n) is 4.81. The van der Waals surface area contributed by atoms with E-state index >= 15 is 0 Å². The van der Waals surface area contributed by atoms with E-state index in [2.05, 4.69) is 9.71 Å². The molecule has 2 N–H and O–H groups in total. The van der Waals surface area contributed by atoms with E-state index in [-0.39, 0.29) is 10.8 Å². The molecule has 1 rings (SSSR count). The summed E-state index contributed by atoms with van der Waals surface area (Å²) >= 11 is 1.04. The molecule has 0 radical (unpaired) electrons. The number of carboxylic acids is 1. The molecular weight excluding hydrogens is 264 g/mol. The topological polar surface area (TPSA) is 96.4 Å². The number of sulfonamides is 1. The summed E-state index contributed by atoms with van der Waals surface area (Å²) in [5.41, 5.74) is -1.15. The highest BCUT2D eigenvalue weighted by Gasteiger charge is 2.29. The van der Waals surface area contributed by atoms with Crippen molar-refractivity contribution in [3.05, 3.63) is 11.2 Å². The highest BCUT2D eigenvalue weighted by molar-refractivity contribution is 7.91. The molecule has 0 saturated carbocycles. The van der Waals surface area contributed by atoms with Crippen LogP contribution in [0.25, 0.3) is 0 Å². The molecule has 6 nitrogen and oxygen atoms in total. The zero-order valence-corrected chi connectivity index (χ0v) is 11.4. The summed E-state index contributed by atoms with van der Waals surface area (Å²) in [6, 6.07) is 0. The second kappa shape index (κ2) is 4.71. The number of aromatic nitrogens is 1. The molecule has 8 heteroatoms. The minimum atomic E-state index is -3.66. The van der Waals surface area contributed by atoms with Crippen LogP contribution < -0.4 is 4.72 Å². The summed E-state index contributed by atoms with van der Waals surface area (Å²) < 4.78 is 25.9. The van der Waals surface area contributed by atoms with Crippen molar-refractivity contribution >= 4 is 27.3 Å². The maximum atomic E-state index is 11.8. The Morgan fingerprint density at radius 3 is 2.59 bits per heavy atom. The minimum Gasteiger partial charge on any atom is -0.481 e. The van der Waals surface area contributed by atoms with Crippen molar-refractivity contribution in [1.29, 1.82) is 0 Å². The molecular formula is C9H14N2O4S2. The highest BCUT2D eigenvalue weighted by Crippen LogP contribution is 2.19. The zero-order valence-electron chi connectivity index (χ0n) is 9.72. The Labute approximate surface area is 104 Å². The largest absolute Gasteiger partial charge is 0.481 e. The number of hydrogen-bond donors (Lipinski definition) is 2. The van der Waals surface area contributed by atoms with Crippen LogP contribution in [0.2, 0.25) is 0 Å². The first-order chi connectivity index (χ1) is 7.65. The van der Waals surface area contributed by atoms with Gasteiger partial charge in [0.25, 0.3) is 10.0 Å². The molecule has 0 bridgehead atoms. The van der Waals surface area contributed by atoms with Gasteiger partial charge in [-0.25, -0.2) is 18.1 Å². The Morgan fingerprint density at radius 2 is 2.18 bits per heavy atom. The average Bonchev–Trinajstić information content (AvgIpc) is 2.63. The van der Waals surface area contributed by atoms with Crippen LogP contribution in [0.3, 0.4) is 0 Å². The molecule has 1 heterocycles. The van der Waals surface area contributed by atoms with Gasteiger partial charge in [-0.15, -0.1) is 11.3 Å². The van der Waals surface area contributed by atoms with E-state index in [0.717, 1.165) is 11.3 Å². The number of carbonyl (C=O) groups is 1. The van der Waals surface area contributed by atoms with Crippen LogP contribution in [0.4, 0.5) is 0 Å². The fraction of sp³-hybridized carbons (Fsp3) is 0.556. The number of thiazole rings is 1. The molecule has 17 heavy (non-hydrogen) atoms. The van der Waals surface area contributed by atoms with Crippen molar-refractivity contribution in [3.8, 4) is 0 Å². The molecule has 0 aliphatic rings. The second-order valence-corrected chi connectivity index (χ2v) is 7.44. The van der Waals surface area contributed by atoms with Gasteiger partial charge in [-0.2, -0.15) is 0 Å². The van der Waals surface area contributed by atoms with Gasteiger partial charge < -0.3 is 5.11 Å². The third kappa shape index (κ3) is 3.48. The predicted octanol–water partition coefficient (Wildman–Crippen LogP) is 0.841. The summed E-state index contributed by atoms with van der Waals surface area (Å²) in [5, 5.41) is 9.51. The van der Waals surface area contributed by atoms with E-state index in [1.54, 1.807) is 6.92 Å². The van der Waals surface area contributed by atoms with Gasteiger partial charge in [-0.3, -0.25) is 4.79 Å². The summed E-state index contributed by atoms with van der Waals surface area (Å²) in [5.74, 6) is -1.05. The minimum absolute atomic E-state index is 0.0937. The lowest BCUT2D eigenvalue weighted by atomic mass is 9.95. The molecule has 0 aliphatic carbocycles. The molecule has 0 saturated heterocycles. The fourth-order valence-corrected chi connectivity index (χ4v) is 3.25. The van der Waals surface area contributed by atoms with Crippen molar-refractivity contribution in [2.45, 2.75) is 25.0 Å². The van der Waals surface area contributed by atoms with E-state index in [1.807, 2.05) is 0 Å². The molecule has 0 atom stereocenters. The normalized spacial score (nSPS) is 12.6. The van der Waals surface area contributed by atoms with E-state index in [0.29, 0.717) is 5.01 Å². The van der Waals surface area contributed by atoms with Gasteiger partial charge in [0.2, 0.25) is 0 Å². The Hall–Kier alpha value is -0.990. The number of aliphatic carboxylic acids is 1. The smallest absolute Gasteiger partial charge is 0.310 e. The zero-order chi connectivity index (χ0) is 13.3. The van der Waals surface area contributed by atoms with Crippen LogP contribution in [0.1, 0.15) is 18.9 Å². The lowest BCUT2D eigenvalue weighted by molar-refractivity contribution is -0.146. The fourth-order valence-electron chi connectivity index (χ4n) is 0.888. The van der Waals surface area contributed by atoms with Crippen LogP contribution in [0.5, 0.6) is 0 Å². The van der Waals surface area contributed by atoms with Gasteiger partial charge >= 0.3 is 5.97 Å². The number of carboxylic acid groups (broad SMARTS) is 1. The highest BCUT2D eigenvalue weighted by atomic mass is 32.2. The first-order valence-corrected chi connectivity index (χ1v) is 7.10. The van der Waals surface area contributed by atoms with E-state index < -0.39 is 21.4 Å². The maximum Gasteiger partial charge on any atom is 0.310 e. The van der Waals surface area contributed by atoms with E-state index in [9.17, 15) is 13.2 Å². The van der Waals surface area contributed by atoms with Gasteiger partial charge in [-0.1, -0.05) is 0 Å². The SMILES string of the molecule is Cc1ncc(S(=O)(=O)NCC(C)(C)C(=O)O)s1. The quantitative estimate of drug-likeness (QED) is 0.832. The Bertz CT molecular complexity index is 519. The summed E-state index contributed by atoms with van der Waals surface area (Å²) in [6.07, 6.45) is 1.26. The monoisotopic (exact) mass is 278 g/mol. The summed E-state index contributed by atoms with van der Waals surface area (Å²) in [7, 11) is -3.66. The first kappa shape index (κ1) is 14.1. The Balaban J connectivity index is 2.79. The van der Waals surface area contributed by atoms with Crippen LogP contribution in [-0.2, 0) is 14.8 Å². The van der Waals surface area contributed by atoms with Crippen LogP contribution in [-0.4, -0.2) is 31.0 Å². The molecule has 0 aromatic carbocycles. The lowest BCUT2D eigenvalue weighted by Gasteiger charge is -2.18. The Kier molecular flexibility index (Phi) is 3.90. The molecule has 0 spiro atoms. The summed E-state index contributed by atoms with van der Waals surface area (Å²) in [4.78, 5) is 14.7. The molecule has 1 aromatic rings. The number of nitrogens with one attached hydrogen (secondary N) is 1. The average molecular weight is 278 g/mol. The van der Waals surface area contributed by atoms with Crippen LogP contribution in [0.15, 0.2) is 10.4 Å². The molecule has 96 valence electrons. The van der Waals surface area contributed by atoms with Gasteiger partial charge in [0.1, 0.15) is 0 Å². The predicted molar refractivity (Wildman–Crippen MR) is 63.5 cm³/mol. The second-order valence-electron chi connectivity index (χ2n) is 4.21. The van der Waals surface area contributed by atoms with E-state index in [1.165, 1.54) is 20.0 Å². The summed E-state index contributed by atoms with van der Waals surface area (Å²) in [6.45, 7) is 4.44. The van der Waals surface area contributed by atoms with Crippen molar-refractivity contribution < 1.29 is 18.3 Å². The van der Waals surface area contributed by atoms with Crippen LogP contribution in [0, 0.1) is 12.3 Å². The molecule has 1 aromatic heterocycles. The number of nitrogens with zero attached hydrogens (tertiary/aromatic N) is 1. The third-order valence-electron chi connectivity index (χ3n) is 2.15. The number of hydrogen-bond acceptors (Lipinski definition) is 5. The van der Waals surface area contributed by atoms with Gasteiger partial charge in [-0.05, 0) is 20.8 Å². The van der Waals surface area contributed by atoms with Crippen molar-refractivity contribution in [2.75, 3.05) is 6.54 Å². The van der Waals surface area contributed by atoms with Crippen molar-refractivity contribution in [1.82, 2.24) is 9.71 Å². The van der Waals surface area contributed by atoms with Gasteiger partial charge in [0.15, 0.2) is 4.21 Å². The van der Waals surface area contributed by atoms with Crippen LogP contribution >= 0.6 is 11.3 Å². The molecule has 0 amide bonds. The van der Waals surface area contributed by atoms with Gasteiger partial charge in [0.05, 0.1) is 16.6 Å². The standard InChI is InChI=1S/C9H14N2O4S2/c1-6-10-4-7(16-6)17(14,15)11-5-9(2,3)8(12)13/h4,11H,5H2,1-3H3,(H,12,13). The molecule has 0 aliphatic heterocycles. The van der Waals surface area contributed by atoms with Crippen molar-refractivity contribution in [2.24, 2.45) is 5.41 Å². The number of aryl methyl sites for hydroxylation is 1. The number of rotatable bonds is 5.